The number of carbonyl (C=O) groups excluding carboxylic acids is 2. The minimum absolute atomic E-state index is 0.0578. The number of sulfonamides is 1. The van der Waals surface area contributed by atoms with Crippen molar-refractivity contribution in [3.63, 3.8) is 0 Å². The van der Waals surface area contributed by atoms with Gasteiger partial charge in [-0.1, -0.05) is 66.7 Å². The highest BCUT2D eigenvalue weighted by Crippen LogP contribution is 2.27. The summed E-state index contributed by atoms with van der Waals surface area (Å²) in [6.07, 6.45) is -0.643. The molecule has 1 fully saturated rings. The maximum Gasteiger partial charge on any atom is 0.339 e. The van der Waals surface area contributed by atoms with Gasteiger partial charge in [0, 0.05) is 13.1 Å². The number of esters is 1. The van der Waals surface area contributed by atoms with Crippen LogP contribution in [0.3, 0.4) is 0 Å². The Labute approximate surface area is 186 Å². The highest BCUT2D eigenvalue weighted by molar-refractivity contribution is 7.89. The number of hydrogen-bond donors (Lipinski definition) is 1. The third-order valence-corrected chi connectivity index (χ3v) is 6.98. The second kappa shape index (κ2) is 9.33. The molecule has 3 aromatic carbocycles. The lowest BCUT2D eigenvalue weighted by atomic mass is 10.0. The first-order chi connectivity index (χ1) is 15.4. The quantitative estimate of drug-likeness (QED) is 0.583. The summed E-state index contributed by atoms with van der Waals surface area (Å²) in [5.41, 5.74) is 1.72. The van der Waals surface area contributed by atoms with E-state index < -0.39 is 22.1 Å². The molecule has 1 N–H and O–H groups in total. The predicted octanol–water partition coefficient (Wildman–Crippen LogP) is 2.75. The molecule has 1 amide bonds. The summed E-state index contributed by atoms with van der Waals surface area (Å²) in [5, 5.41) is 2.60. The number of rotatable bonds is 6. The first-order valence-electron chi connectivity index (χ1n) is 10.1. The van der Waals surface area contributed by atoms with Crippen molar-refractivity contribution in [1.29, 1.82) is 0 Å². The molecule has 164 valence electrons. The Kier molecular flexibility index (Phi) is 6.34. The normalized spacial score (nSPS) is 14.7. The highest BCUT2D eigenvalue weighted by Gasteiger charge is 2.30. The summed E-state index contributed by atoms with van der Waals surface area (Å²) in [7, 11) is -3.92. The van der Waals surface area contributed by atoms with Gasteiger partial charge in [0.05, 0.1) is 17.0 Å². The molecule has 32 heavy (non-hydrogen) atoms. The monoisotopic (exact) mass is 450 g/mol. The smallest absolute Gasteiger partial charge is 0.339 e. The maximum absolute atomic E-state index is 13.0. The summed E-state index contributed by atoms with van der Waals surface area (Å²) < 4.78 is 32.9. The van der Waals surface area contributed by atoms with Gasteiger partial charge in [0.1, 0.15) is 0 Å². The molecule has 0 aromatic heterocycles. The third-order valence-electron chi connectivity index (χ3n) is 5.14. The van der Waals surface area contributed by atoms with Crippen molar-refractivity contribution in [1.82, 2.24) is 9.62 Å². The first kappa shape index (κ1) is 21.7. The molecule has 1 saturated heterocycles. The number of ether oxygens (including phenoxy) is 1. The van der Waals surface area contributed by atoms with E-state index >= 15 is 0 Å². The lowest BCUT2D eigenvalue weighted by molar-refractivity contribution is -0.122. The summed E-state index contributed by atoms with van der Waals surface area (Å²) >= 11 is 0. The van der Waals surface area contributed by atoms with E-state index in [1.807, 2.05) is 60.7 Å². The van der Waals surface area contributed by atoms with Gasteiger partial charge >= 0.3 is 5.97 Å². The fourth-order valence-corrected chi connectivity index (χ4v) is 4.96. The number of benzene rings is 3. The molecule has 4 rings (SSSR count). The highest BCUT2D eigenvalue weighted by atomic mass is 32.2. The Hall–Kier alpha value is -3.49. The zero-order chi connectivity index (χ0) is 22.6. The van der Waals surface area contributed by atoms with Gasteiger partial charge in [-0.15, -0.1) is 0 Å². The summed E-state index contributed by atoms with van der Waals surface area (Å²) in [5.74, 6) is -1.000. The van der Waals surface area contributed by atoms with E-state index in [1.54, 1.807) is 0 Å². The van der Waals surface area contributed by atoms with Crippen LogP contribution in [0.5, 0.6) is 0 Å². The number of nitrogens with one attached hydrogen (secondary N) is 1. The van der Waals surface area contributed by atoms with Crippen LogP contribution in [0.15, 0.2) is 89.8 Å². The van der Waals surface area contributed by atoms with E-state index in [9.17, 15) is 18.0 Å². The second-order valence-electron chi connectivity index (χ2n) is 7.32. The van der Waals surface area contributed by atoms with E-state index in [-0.39, 0.29) is 36.0 Å². The SMILES string of the molecule is O=C1CN(S(=O)(=O)c2cccc(C(=O)OC(c3ccccc3)c3ccccc3)c2)CCN1. The molecule has 3 aromatic rings. The van der Waals surface area contributed by atoms with Gasteiger partial charge in [0.15, 0.2) is 6.10 Å². The van der Waals surface area contributed by atoms with Gasteiger partial charge in [0.2, 0.25) is 15.9 Å². The van der Waals surface area contributed by atoms with E-state index in [0.29, 0.717) is 0 Å². The molecular weight excluding hydrogens is 428 g/mol. The minimum atomic E-state index is -3.92. The Morgan fingerprint density at radius 2 is 1.53 bits per heavy atom. The molecule has 1 aliphatic heterocycles. The topological polar surface area (TPSA) is 92.8 Å². The van der Waals surface area contributed by atoms with Crippen LogP contribution in [0, 0.1) is 0 Å². The molecule has 0 atom stereocenters. The van der Waals surface area contributed by atoms with Gasteiger partial charge in [0.25, 0.3) is 0 Å². The molecule has 7 nitrogen and oxygen atoms in total. The van der Waals surface area contributed by atoms with Gasteiger partial charge < -0.3 is 10.1 Å². The zero-order valence-electron chi connectivity index (χ0n) is 17.2. The Morgan fingerprint density at radius 1 is 0.906 bits per heavy atom. The van der Waals surface area contributed by atoms with Crippen molar-refractivity contribution in [2.45, 2.75) is 11.0 Å². The Bertz CT molecular complexity index is 1170. The summed E-state index contributed by atoms with van der Waals surface area (Å²) in [4.78, 5) is 24.6. The van der Waals surface area contributed by atoms with Crippen molar-refractivity contribution in [3.8, 4) is 0 Å². The average Bonchev–Trinajstić information content (AvgIpc) is 2.83. The van der Waals surface area contributed by atoms with Crippen LogP contribution in [0.25, 0.3) is 0 Å². The molecule has 0 aliphatic carbocycles. The van der Waals surface area contributed by atoms with E-state index in [1.165, 1.54) is 24.3 Å². The van der Waals surface area contributed by atoms with Gasteiger partial charge in [-0.25, -0.2) is 13.2 Å². The molecule has 0 spiro atoms. The average molecular weight is 451 g/mol. The number of amides is 1. The lowest BCUT2D eigenvalue weighted by Crippen LogP contribution is -2.49. The minimum Gasteiger partial charge on any atom is -0.449 e. The van der Waals surface area contributed by atoms with Gasteiger partial charge in [-0.05, 0) is 29.3 Å². The van der Waals surface area contributed by atoms with Crippen LogP contribution >= 0.6 is 0 Å². The molecule has 0 unspecified atom stereocenters. The fourth-order valence-electron chi connectivity index (χ4n) is 3.51. The van der Waals surface area contributed by atoms with Crippen LogP contribution < -0.4 is 5.32 Å². The summed E-state index contributed by atoms with van der Waals surface area (Å²) in [6, 6.07) is 24.4. The van der Waals surface area contributed by atoms with E-state index in [2.05, 4.69) is 5.32 Å². The number of carbonyl (C=O) groups is 2. The number of piperazine rings is 1. The van der Waals surface area contributed by atoms with Gasteiger partial charge in [-0.2, -0.15) is 4.31 Å². The van der Waals surface area contributed by atoms with Crippen LogP contribution in [0.1, 0.15) is 27.6 Å². The number of hydrogen-bond acceptors (Lipinski definition) is 5. The van der Waals surface area contributed by atoms with E-state index in [4.69, 9.17) is 4.74 Å². The molecule has 1 heterocycles. The third kappa shape index (κ3) is 4.71. The first-order valence-corrected chi connectivity index (χ1v) is 11.6. The largest absolute Gasteiger partial charge is 0.449 e. The molecule has 1 aliphatic rings. The Balaban J connectivity index is 1.61. The Morgan fingerprint density at radius 3 is 2.12 bits per heavy atom. The van der Waals surface area contributed by atoms with Crippen LogP contribution in [0.4, 0.5) is 0 Å². The molecule has 0 radical (unpaired) electrons. The summed E-state index contributed by atoms with van der Waals surface area (Å²) in [6.45, 7) is 0.170. The van der Waals surface area contributed by atoms with Gasteiger partial charge in [-0.3, -0.25) is 4.79 Å². The molecule has 0 saturated carbocycles. The second-order valence-corrected chi connectivity index (χ2v) is 9.26. The van der Waals surface area contributed by atoms with Crippen molar-refractivity contribution in [2.24, 2.45) is 0 Å². The van der Waals surface area contributed by atoms with E-state index in [0.717, 1.165) is 15.4 Å². The van der Waals surface area contributed by atoms with Crippen molar-refractivity contribution in [3.05, 3.63) is 102 Å². The van der Waals surface area contributed by atoms with Crippen molar-refractivity contribution < 1.29 is 22.7 Å². The standard InChI is InChI=1S/C24H22N2O5S/c27-22-17-26(15-14-25-22)32(29,30)21-13-7-12-20(16-21)24(28)31-23(18-8-3-1-4-9-18)19-10-5-2-6-11-19/h1-13,16,23H,14-15,17H2,(H,25,27). The maximum atomic E-state index is 13.0. The predicted molar refractivity (Wildman–Crippen MR) is 118 cm³/mol. The van der Waals surface area contributed by atoms with Crippen LogP contribution in [-0.2, 0) is 19.6 Å². The molecule has 8 heteroatoms. The fraction of sp³-hybridized carbons (Fsp3) is 0.167. The molecular formula is C24H22N2O5S. The van der Waals surface area contributed by atoms with Crippen LogP contribution in [0.2, 0.25) is 0 Å². The van der Waals surface area contributed by atoms with Crippen LogP contribution in [-0.4, -0.2) is 44.2 Å². The molecule has 0 bridgehead atoms. The lowest BCUT2D eigenvalue weighted by Gasteiger charge is -2.26. The van der Waals surface area contributed by atoms with Crippen molar-refractivity contribution in [2.75, 3.05) is 19.6 Å². The zero-order valence-corrected chi connectivity index (χ0v) is 18.0. The van der Waals surface area contributed by atoms with Crippen molar-refractivity contribution >= 4 is 21.9 Å². The number of nitrogens with zero attached hydrogens (tertiary/aromatic N) is 1.